The molecule has 1 saturated heterocycles. The van der Waals surface area contributed by atoms with Crippen molar-refractivity contribution in [1.82, 2.24) is 4.90 Å². The average molecular weight is 406 g/mol. The Morgan fingerprint density at radius 2 is 1.81 bits per heavy atom. The van der Waals surface area contributed by atoms with E-state index in [0.29, 0.717) is 10.0 Å². The number of hydrogen-bond acceptors (Lipinski definition) is 2. The molecule has 3 rings (SSSR count). The Morgan fingerprint density at radius 1 is 1.07 bits per heavy atom. The Kier molecular flexibility index (Phi) is 6.80. The van der Waals surface area contributed by atoms with Gasteiger partial charge in [-0.3, -0.25) is 4.79 Å². The van der Waals surface area contributed by atoms with Gasteiger partial charge < -0.3 is 9.64 Å². The number of halogens is 2. The Hall–Kier alpha value is -1.55. The lowest BCUT2D eigenvalue weighted by atomic mass is 9.90. The van der Waals surface area contributed by atoms with E-state index < -0.39 is 0 Å². The molecule has 1 fully saturated rings. The van der Waals surface area contributed by atoms with Crippen LogP contribution < -0.4 is 0 Å². The molecule has 0 bridgehead atoms. The number of carbonyl (C=O) groups excluding carboxylic acids is 1. The Labute approximate surface area is 171 Å². The molecule has 1 aliphatic heterocycles. The predicted octanol–water partition coefficient (Wildman–Crippen LogP) is 6.21. The minimum absolute atomic E-state index is 0.0357. The molecule has 0 N–H and O–H groups in total. The van der Waals surface area contributed by atoms with Gasteiger partial charge in [0.1, 0.15) is 12.7 Å². The molecule has 5 heteroatoms. The van der Waals surface area contributed by atoms with Crippen LogP contribution in [0.3, 0.4) is 0 Å². The number of ether oxygens (including phenoxy) is 1. The van der Waals surface area contributed by atoms with Crippen molar-refractivity contribution in [3.63, 3.8) is 0 Å². The largest absolute Gasteiger partial charge is 0.361 e. The van der Waals surface area contributed by atoms with Crippen molar-refractivity contribution in [3.05, 3.63) is 69.7 Å². The van der Waals surface area contributed by atoms with E-state index in [-0.39, 0.29) is 30.7 Å². The predicted molar refractivity (Wildman–Crippen MR) is 110 cm³/mol. The fraction of sp³-hybridized carbons (Fsp3) is 0.409. The Balaban J connectivity index is 2.08. The molecule has 0 radical (unpaired) electrons. The molecular formula is C22H25Cl2NO2. The summed E-state index contributed by atoms with van der Waals surface area (Å²) < 4.78 is 6.05. The highest BCUT2D eigenvalue weighted by atomic mass is 35.5. The van der Waals surface area contributed by atoms with Gasteiger partial charge in [-0.15, -0.1) is 0 Å². The molecule has 0 spiro atoms. The summed E-state index contributed by atoms with van der Waals surface area (Å²) in [7, 11) is 0. The molecule has 3 atom stereocenters. The third-order valence-corrected chi connectivity index (χ3v) is 5.62. The summed E-state index contributed by atoms with van der Waals surface area (Å²) in [5, 5.41) is 1.34. The zero-order chi connectivity index (χ0) is 19.4. The normalized spacial score (nSPS) is 21.3. The summed E-state index contributed by atoms with van der Waals surface area (Å²) in [5.74, 6) is 0.0357. The first-order valence-corrected chi connectivity index (χ1v) is 10.2. The average Bonchev–Trinajstić information content (AvgIpc) is 2.67. The van der Waals surface area contributed by atoms with Crippen molar-refractivity contribution < 1.29 is 9.53 Å². The molecule has 0 saturated carbocycles. The Morgan fingerprint density at radius 3 is 2.44 bits per heavy atom. The molecule has 27 heavy (non-hydrogen) atoms. The monoisotopic (exact) mass is 405 g/mol. The SMILES string of the molecule is CCC[C@@H](CC)N1C(=O)CO[C@@H](c2cccc(Cl)c2)[C@H]1c1ccc(Cl)cc1. The third-order valence-electron chi connectivity index (χ3n) is 5.14. The van der Waals surface area contributed by atoms with Crippen molar-refractivity contribution in [2.24, 2.45) is 0 Å². The molecular weight excluding hydrogens is 381 g/mol. The number of benzene rings is 2. The maximum absolute atomic E-state index is 12.9. The molecule has 2 aromatic rings. The van der Waals surface area contributed by atoms with Crippen LogP contribution in [0.2, 0.25) is 10.0 Å². The van der Waals surface area contributed by atoms with Crippen molar-refractivity contribution in [3.8, 4) is 0 Å². The van der Waals surface area contributed by atoms with Gasteiger partial charge in [0.2, 0.25) is 5.91 Å². The lowest BCUT2D eigenvalue weighted by molar-refractivity contribution is -0.163. The lowest BCUT2D eigenvalue weighted by Crippen LogP contribution is -2.50. The van der Waals surface area contributed by atoms with Crippen LogP contribution in [0.15, 0.2) is 48.5 Å². The van der Waals surface area contributed by atoms with E-state index in [0.717, 1.165) is 30.4 Å². The minimum atomic E-state index is -0.270. The minimum Gasteiger partial charge on any atom is -0.361 e. The molecule has 1 amide bonds. The van der Waals surface area contributed by atoms with Gasteiger partial charge in [0.15, 0.2) is 0 Å². The molecule has 0 aliphatic carbocycles. The fourth-order valence-electron chi connectivity index (χ4n) is 3.89. The molecule has 1 heterocycles. The maximum Gasteiger partial charge on any atom is 0.249 e. The van der Waals surface area contributed by atoms with Gasteiger partial charge in [0.25, 0.3) is 0 Å². The topological polar surface area (TPSA) is 29.5 Å². The number of morpholine rings is 1. The van der Waals surface area contributed by atoms with Crippen LogP contribution in [-0.4, -0.2) is 23.5 Å². The number of carbonyl (C=O) groups is 1. The lowest BCUT2D eigenvalue weighted by Gasteiger charge is -2.45. The van der Waals surface area contributed by atoms with E-state index in [9.17, 15) is 4.79 Å². The summed E-state index contributed by atoms with van der Waals surface area (Å²) in [6, 6.07) is 15.4. The zero-order valence-electron chi connectivity index (χ0n) is 15.7. The van der Waals surface area contributed by atoms with Crippen LogP contribution in [0.4, 0.5) is 0 Å². The number of rotatable bonds is 6. The first kappa shape index (κ1) is 20.2. The summed E-state index contributed by atoms with van der Waals surface area (Å²) in [6.45, 7) is 4.37. The van der Waals surface area contributed by atoms with Crippen molar-refractivity contribution in [2.75, 3.05) is 6.61 Å². The van der Waals surface area contributed by atoms with Crippen LogP contribution in [0.1, 0.15) is 56.4 Å². The summed E-state index contributed by atoms with van der Waals surface area (Å²) >= 11 is 12.3. The second-order valence-corrected chi connectivity index (χ2v) is 7.81. The van der Waals surface area contributed by atoms with E-state index in [2.05, 4.69) is 13.8 Å². The first-order chi connectivity index (χ1) is 13.0. The van der Waals surface area contributed by atoms with E-state index in [1.54, 1.807) is 0 Å². The third kappa shape index (κ3) is 4.48. The van der Waals surface area contributed by atoms with Crippen LogP contribution in [0.25, 0.3) is 0 Å². The van der Waals surface area contributed by atoms with E-state index in [4.69, 9.17) is 27.9 Å². The second kappa shape index (κ2) is 9.09. The highest BCUT2D eigenvalue weighted by Crippen LogP contribution is 2.42. The van der Waals surface area contributed by atoms with E-state index in [1.165, 1.54) is 0 Å². The number of nitrogens with zero attached hydrogens (tertiary/aromatic N) is 1. The van der Waals surface area contributed by atoms with Crippen LogP contribution in [0, 0.1) is 0 Å². The van der Waals surface area contributed by atoms with Gasteiger partial charge in [-0.1, -0.05) is 67.7 Å². The fourth-order valence-corrected chi connectivity index (χ4v) is 4.21. The number of hydrogen-bond donors (Lipinski definition) is 0. The highest BCUT2D eigenvalue weighted by molar-refractivity contribution is 6.30. The van der Waals surface area contributed by atoms with E-state index in [1.807, 2.05) is 53.4 Å². The quantitative estimate of drug-likeness (QED) is 0.571. The van der Waals surface area contributed by atoms with Crippen molar-refractivity contribution in [1.29, 1.82) is 0 Å². The van der Waals surface area contributed by atoms with Gasteiger partial charge in [-0.25, -0.2) is 0 Å². The Bertz CT molecular complexity index is 778. The van der Waals surface area contributed by atoms with Gasteiger partial charge >= 0.3 is 0 Å². The van der Waals surface area contributed by atoms with Gasteiger partial charge in [0, 0.05) is 16.1 Å². The first-order valence-electron chi connectivity index (χ1n) is 9.48. The standard InChI is InChI=1S/C22H25Cl2NO2/c1-3-6-19(4-2)25-20(26)14-27-22(16-7-5-8-18(24)13-16)21(25)15-9-11-17(23)12-10-15/h5,7-13,19,21-22H,3-4,6,14H2,1-2H3/t19-,21-,22+/m1/s1. The van der Waals surface area contributed by atoms with E-state index >= 15 is 0 Å². The van der Waals surface area contributed by atoms with Crippen LogP contribution in [-0.2, 0) is 9.53 Å². The second-order valence-electron chi connectivity index (χ2n) is 6.93. The maximum atomic E-state index is 12.9. The van der Waals surface area contributed by atoms with Crippen LogP contribution >= 0.6 is 23.2 Å². The summed E-state index contributed by atoms with van der Waals surface area (Å²) in [6.07, 6.45) is 2.63. The number of amides is 1. The molecule has 2 aromatic carbocycles. The van der Waals surface area contributed by atoms with Gasteiger partial charge in [-0.05, 0) is 48.2 Å². The summed E-state index contributed by atoms with van der Waals surface area (Å²) in [5.41, 5.74) is 2.00. The molecule has 1 aliphatic rings. The molecule has 144 valence electrons. The molecule has 3 nitrogen and oxygen atoms in total. The zero-order valence-corrected chi connectivity index (χ0v) is 17.2. The van der Waals surface area contributed by atoms with Gasteiger partial charge in [-0.2, -0.15) is 0 Å². The molecule has 0 aromatic heterocycles. The van der Waals surface area contributed by atoms with Crippen LogP contribution in [0.5, 0.6) is 0 Å². The summed E-state index contributed by atoms with van der Waals surface area (Å²) in [4.78, 5) is 14.9. The smallest absolute Gasteiger partial charge is 0.249 e. The van der Waals surface area contributed by atoms with Crippen molar-refractivity contribution in [2.45, 2.75) is 51.3 Å². The molecule has 0 unspecified atom stereocenters. The van der Waals surface area contributed by atoms with Gasteiger partial charge in [0.05, 0.1) is 6.04 Å². The highest BCUT2D eigenvalue weighted by Gasteiger charge is 2.41. The van der Waals surface area contributed by atoms with Crippen molar-refractivity contribution >= 4 is 29.1 Å².